The molecule has 1 heteroatoms. The standard InChI is InChI=1S/C14H21N/c1-2-11-5-3-6-12(9-11)13-7-4-8-14(15)10-13/h4,7-8,10-12H,2-3,5-6,9,15H2,1H3/t11-,12+/m0/s1. The van der Waals surface area contributed by atoms with Gasteiger partial charge < -0.3 is 5.73 Å². The quantitative estimate of drug-likeness (QED) is 0.723. The first-order chi connectivity index (χ1) is 7.29. The van der Waals surface area contributed by atoms with Gasteiger partial charge in [-0.3, -0.25) is 0 Å². The van der Waals surface area contributed by atoms with E-state index < -0.39 is 0 Å². The molecule has 0 unspecified atom stereocenters. The average molecular weight is 203 g/mol. The summed E-state index contributed by atoms with van der Waals surface area (Å²) in [6.45, 7) is 2.31. The molecule has 1 fully saturated rings. The van der Waals surface area contributed by atoms with E-state index in [2.05, 4.69) is 25.1 Å². The highest BCUT2D eigenvalue weighted by atomic mass is 14.5. The molecule has 1 aromatic rings. The molecule has 0 amide bonds. The number of rotatable bonds is 2. The molecule has 15 heavy (non-hydrogen) atoms. The lowest BCUT2D eigenvalue weighted by Crippen LogP contribution is -2.13. The first kappa shape index (κ1) is 10.5. The lowest BCUT2D eigenvalue weighted by atomic mass is 9.77. The Hall–Kier alpha value is -0.980. The molecule has 0 spiro atoms. The first-order valence-electron chi connectivity index (χ1n) is 6.15. The molecule has 2 N–H and O–H groups in total. The topological polar surface area (TPSA) is 26.0 Å². The summed E-state index contributed by atoms with van der Waals surface area (Å²) in [6.07, 6.45) is 6.85. The minimum Gasteiger partial charge on any atom is -0.399 e. The van der Waals surface area contributed by atoms with Crippen LogP contribution in [0.2, 0.25) is 0 Å². The van der Waals surface area contributed by atoms with Crippen LogP contribution in [0.3, 0.4) is 0 Å². The van der Waals surface area contributed by atoms with Gasteiger partial charge >= 0.3 is 0 Å². The third-order valence-electron chi connectivity index (χ3n) is 3.74. The summed E-state index contributed by atoms with van der Waals surface area (Å²) in [5.74, 6) is 1.69. The Balaban J connectivity index is 2.09. The van der Waals surface area contributed by atoms with Gasteiger partial charge in [0.15, 0.2) is 0 Å². The van der Waals surface area contributed by atoms with Crippen molar-refractivity contribution in [3.05, 3.63) is 29.8 Å². The molecule has 0 radical (unpaired) electrons. The number of hydrogen-bond donors (Lipinski definition) is 1. The van der Waals surface area contributed by atoms with Gasteiger partial charge in [-0.15, -0.1) is 0 Å². The SMILES string of the molecule is CC[C@H]1CCC[C@@H](c2cccc(N)c2)C1. The second-order valence-electron chi connectivity index (χ2n) is 4.81. The third-order valence-corrected chi connectivity index (χ3v) is 3.74. The Kier molecular flexibility index (Phi) is 3.30. The molecular formula is C14H21N. The van der Waals surface area contributed by atoms with Gasteiger partial charge in [-0.05, 0) is 42.4 Å². The Morgan fingerprint density at radius 2 is 2.20 bits per heavy atom. The van der Waals surface area contributed by atoms with Crippen LogP contribution in [0.25, 0.3) is 0 Å². The summed E-state index contributed by atoms with van der Waals surface area (Å²) in [5, 5.41) is 0. The van der Waals surface area contributed by atoms with Crippen LogP contribution in [0, 0.1) is 5.92 Å². The van der Waals surface area contributed by atoms with Gasteiger partial charge in [0.1, 0.15) is 0 Å². The molecular weight excluding hydrogens is 182 g/mol. The molecule has 2 rings (SSSR count). The summed E-state index contributed by atoms with van der Waals surface area (Å²) in [4.78, 5) is 0. The highest BCUT2D eigenvalue weighted by Crippen LogP contribution is 2.37. The molecule has 1 aliphatic carbocycles. The fourth-order valence-corrected chi connectivity index (χ4v) is 2.78. The van der Waals surface area contributed by atoms with Crippen LogP contribution in [0.4, 0.5) is 5.69 Å². The second-order valence-corrected chi connectivity index (χ2v) is 4.81. The van der Waals surface area contributed by atoms with Gasteiger partial charge in [0.05, 0.1) is 0 Å². The molecule has 2 atom stereocenters. The molecule has 0 aromatic heterocycles. The van der Waals surface area contributed by atoms with Crippen molar-refractivity contribution in [3.63, 3.8) is 0 Å². The van der Waals surface area contributed by atoms with Crippen molar-refractivity contribution >= 4 is 5.69 Å². The second kappa shape index (κ2) is 4.69. The van der Waals surface area contributed by atoms with E-state index in [1.165, 1.54) is 37.7 Å². The maximum absolute atomic E-state index is 5.83. The number of hydrogen-bond acceptors (Lipinski definition) is 1. The molecule has 0 bridgehead atoms. The molecule has 1 aromatic carbocycles. The van der Waals surface area contributed by atoms with Crippen LogP contribution in [-0.4, -0.2) is 0 Å². The van der Waals surface area contributed by atoms with Gasteiger partial charge in [-0.1, -0.05) is 38.3 Å². The minimum absolute atomic E-state index is 0.757. The molecule has 0 heterocycles. The number of nitrogens with two attached hydrogens (primary N) is 1. The van der Waals surface area contributed by atoms with Crippen LogP contribution < -0.4 is 5.73 Å². The minimum atomic E-state index is 0.757. The average Bonchev–Trinajstić information content (AvgIpc) is 2.29. The van der Waals surface area contributed by atoms with Gasteiger partial charge in [0, 0.05) is 5.69 Å². The highest BCUT2D eigenvalue weighted by molar-refractivity contribution is 5.41. The fourth-order valence-electron chi connectivity index (χ4n) is 2.78. The zero-order valence-corrected chi connectivity index (χ0v) is 9.58. The smallest absolute Gasteiger partial charge is 0.0316 e. The molecule has 1 nitrogen and oxygen atoms in total. The summed E-state index contributed by atoms with van der Waals surface area (Å²) in [5.41, 5.74) is 8.19. The first-order valence-corrected chi connectivity index (χ1v) is 6.15. The number of benzene rings is 1. The van der Waals surface area contributed by atoms with Crippen LogP contribution in [0.1, 0.15) is 50.5 Å². The van der Waals surface area contributed by atoms with Crippen molar-refractivity contribution in [3.8, 4) is 0 Å². The van der Waals surface area contributed by atoms with E-state index in [0.29, 0.717) is 0 Å². The summed E-state index contributed by atoms with van der Waals surface area (Å²) in [6, 6.07) is 8.45. The van der Waals surface area contributed by atoms with Crippen molar-refractivity contribution in [2.24, 2.45) is 5.92 Å². The van der Waals surface area contributed by atoms with Crippen molar-refractivity contribution < 1.29 is 0 Å². The van der Waals surface area contributed by atoms with Gasteiger partial charge in [-0.25, -0.2) is 0 Å². The van der Waals surface area contributed by atoms with Crippen molar-refractivity contribution in [2.75, 3.05) is 5.73 Å². The van der Waals surface area contributed by atoms with E-state index in [1.807, 2.05) is 6.07 Å². The van der Waals surface area contributed by atoms with Crippen LogP contribution >= 0.6 is 0 Å². The molecule has 82 valence electrons. The molecule has 1 aliphatic rings. The third kappa shape index (κ3) is 2.53. The molecule has 0 saturated heterocycles. The van der Waals surface area contributed by atoms with E-state index >= 15 is 0 Å². The highest BCUT2D eigenvalue weighted by Gasteiger charge is 2.21. The number of anilines is 1. The molecule has 1 saturated carbocycles. The zero-order valence-electron chi connectivity index (χ0n) is 9.58. The Labute approximate surface area is 92.7 Å². The Morgan fingerprint density at radius 3 is 2.93 bits per heavy atom. The Morgan fingerprint density at radius 1 is 1.33 bits per heavy atom. The monoisotopic (exact) mass is 203 g/mol. The normalized spacial score (nSPS) is 26.5. The van der Waals surface area contributed by atoms with Crippen LogP contribution in [-0.2, 0) is 0 Å². The lowest BCUT2D eigenvalue weighted by molar-refractivity contribution is 0.314. The largest absolute Gasteiger partial charge is 0.399 e. The Bertz CT molecular complexity index is 319. The van der Waals surface area contributed by atoms with E-state index in [-0.39, 0.29) is 0 Å². The van der Waals surface area contributed by atoms with Crippen molar-refractivity contribution in [1.29, 1.82) is 0 Å². The summed E-state index contributed by atoms with van der Waals surface area (Å²) in [7, 11) is 0. The van der Waals surface area contributed by atoms with E-state index in [1.54, 1.807) is 0 Å². The van der Waals surface area contributed by atoms with Crippen molar-refractivity contribution in [2.45, 2.75) is 44.9 Å². The fraction of sp³-hybridized carbons (Fsp3) is 0.571. The van der Waals surface area contributed by atoms with E-state index in [4.69, 9.17) is 5.73 Å². The van der Waals surface area contributed by atoms with Gasteiger partial charge in [0.25, 0.3) is 0 Å². The van der Waals surface area contributed by atoms with Gasteiger partial charge in [0.2, 0.25) is 0 Å². The lowest BCUT2D eigenvalue weighted by Gasteiger charge is -2.28. The van der Waals surface area contributed by atoms with E-state index in [9.17, 15) is 0 Å². The van der Waals surface area contributed by atoms with Crippen molar-refractivity contribution in [1.82, 2.24) is 0 Å². The van der Waals surface area contributed by atoms with Gasteiger partial charge in [-0.2, -0.15) is 0 Å². The predicted molar refractivity (Wildman–Crippen MR) is 65.8 cm³/mol. The van der Waals surface area contributed by atoms with Crippen LogP contribution in [0.15, 0.2) is 24.3 Å². The zero-order chi connectivity index (χ0) is 10.7. The summed E-state index contributed by atoms with van der Waals surface area (Å²) >= 11 is 0. The summed E-state index contributed by atoms with van der Waals surface area (Å²) < 4.78 is 0. The maximum Gasteiger partial charge on any atom is 0.0316 e. The maximum atomic E-state index is 5.83. The predicted octanol–water partition coefficient (Wildman–Crippen LogP) is 3.95. The molecule has 0 aliphatic heterocycles. The number of nitrogen functional groups attached to an aromatic ring is 1. The van der Waals surface area contributed by atoms with Crippen LogP contribution in [0.5, 0.6) is 0 Å². The van der Waals surface area contributed by atoms with E-state index in [0.717, 1.165) is 17.5 Å².